The lowest BCUT2D eigenvalue weighted by Gasteiger charge is -2.17. The van der Waals surface area contributed by atoms with E-state index in [1.54, 1.807) is 26.0 Å². The number of nitrogens with one attached hydrogen (secondary N) is 2. The van der Waals surface area contributed by atoms with Gasteiger partial charge in [0.05, 0.1) is 10.9 Å². The molecule has 6 heteroatoms. The van der Waals surface area contributed by atoms with Crippen molar-refractivity contribution in [1.82, 2.24) is 5.32 Å². The zero-order chi connectivity index (χ0) is 14.6. The Balaban J connectivity index is 2.75. The highest BCUT2D eigenvalue weighted by Crippen LogP contribution is 2.16. The third-order valence-electron chi connectivity index (χ3n) is 2.78. The van der Waals surface area contributed by atoms with Gasteiger partial charge in [0, 0.05) is 12.6 Å². The summed E-state index contributed by atoms with van der Waals surface area (Å²) in [5.41, 5.74) is 0.733. The highest BCUT2D eigenvalue weighted by Gasteiger charge is 2.20. The minimum atomic E-state index is -3.52. The molecule has 1 atom stereocenters. The first kappa shape index (κ1) is 15.9. The summed E-state index contributed by atoms with van der Waals surface area (Å²) in [6.45, 7) is 7.48. The number of hydrogen-bond acceptors (Lipinski definition) is 3. The van der Waals surface area contributed by atoms with E-state index in [0.717, 1.165) is 0 Å². The van der Waals surface area contributed by atoms with Crippen LogP contribution in [0.25, 0.3) is 0 Å². The Morgan fingerprint density at radius 3 is 2.42 bits per heavy atom. The van der Waals surface area contributed by atoms with Gasteiger partial charge in [-0.05, 0) is 31.5 Å². The van der Waals surface area contributed by atoms with Crippen LogP contribution >= 0.6 is 0 Å². The number of aryl methyl sites for hydroxylation is 1. The van der Waals surface area contributed by atoms with Crippen LogP contribution in [0.1, 0.15) is 26.3 Å². The van der Waals surface area contributed by atoms with Gasteiger partial charge in [0.1, 0.15) is 5.82 Å². The monoisotopic (exact) mass is 288 g/mol. The van der Waals surface area contributed by atoms with E-state index in [1.807, 2.05) is 13.8 Å². The molecule has 19 heavy (non-hydrogen) atoms. The number of sulfonamides is 1. The summed E-state index contributed by atoms with van der Waals surface area (Å²) < 4.78 is 39.8. The van der Waals surface area contributed by atoms with Gasteiger partial charge in [0.25, 0.3) is 0 Å². The van der Waals surface area contributed by atoms with E-state index < -0.39 is 21.1 Å². The molecule has 0 aliphatic carbocycles. The minimum Gasteiger partial charge on any atom is -0.313 e. The van der Waals surface area contributed by atoms with E-state index in [4.69, 9.17) is 0 Å². The third-order valence-corrected chi connectivity index (χ3v) is 4.52. The lowest BCUT2D eigenvalue weighted by atomic mass is 10.2. The van der Waals surface area contributed by atoms with Crippen molar-refractivity contribution in [2.24, 2.45) is 0 Å². The number of benzene rings is 1. The fourth-order valence-electron chi connectivity index (χ4n) is 1.43. The summed E-state index contributed by atoms with van der Waals surface area (Å²) in [6, 6.07) is 4.51. The highest BCUT2D eigenvalue weighted by molar-refractivity contribution is 7.93. The molecular weight excluding hydrogens is 267 g/mol. The van der Waals surface area contributed by atoms with Crippen molar-refractivity contribution in [2.75, 3.05) is 11.3 Å². The Hall–Kier alpha value is -1.14. The van der Waals surface area contributed by atoms with Crippen LogP contribution in [0.4, 0.5) is 10.1 Å². The summed E-state index contributed by atoms with van der Waals surface area (Å²) in [4.78, 5) is 0. The van der Waals surface area contributed by atoms with Crippen LogP contribution in [0, 0.1) is 12.7 Å². The van der Waals surface area contributed by atoms with Crippen LogP contribution in [-0.4, -0.2) is 26.3 Å². The van der Waals surface area contributed by atoms with E-state index in [9.17, 15) is 12.8 Å². The SMILES string of the molecule is Cc1ccc(NS(=O)(=O)C(C)CNC(C)C)cc1F. The standard InChI is InChI=1S/C13H21FN2O2S/c1-9(2)15-8-11(4)19(17,18)16-12-6-5-10(3)13(14)7-12/h5-7,9,11,15-16H,8H2,1-4H3. The first-order valence-corrected chi connectivity index (χ1v) is 7.78. The summed E-state index contributed by atoms with van der Waals surface area (Å²) >= 11 is 0. The molecular formula is C13H21FN2O2S. The summed E-state index contributed by atoms with van der Waals surface area (Å²) in [6.07, 6.45) is 0. The van der Waals surface area contributed by atoms with E-state index in [0.29, 0.717) is 12.1 Å². The second-order valence-electron chi connectivity index (χ2n) is 4.98. The molecule has 1 aromatic carbocycles. The Morgan fingerprint density at radius 1 is 1.26 bits per heavy atom. The maximum atomic E-state index is 13.4. The van der Waals surface area contributed by atoms with E-state index in [-0.39, 0.29) is 11.7 Å². The van der Waals surface area contributed by atoms with Crippen LogP contribution in [0.3, 0.4) is 0 Å². The molecule has 0 saturated carbocycles. The Bertz CT molecular complexity index is 529. The molecule has 1 rings (SSSR count). The van der Waals surface area contributed by atoms with Gasteiger partial charge in [-0.1, -0.05) is 19.9 Å². The smallest absolute Gasteiger partial charge is 0.236 e. The zero-order valence-electron chi connectivity index (χ0n) is 11.7. The molecule has 0 bridgehead atoms. The number of anilines is 1. The van der Waals surface area contributed by atoms with Gasteiger partial charge in [-0.3, -0.25) is 4.72 Å². The van der Waals surface area contributed by atoms with Crippen molar-refractivity contribution in [2.45, 2.75) is 39.0 Å². The summed E-state index contributed by atoms with van der Waals surface area (Å²) in [7, 11) is -3.52. The quantitative estimate of drug-likeness (QED) is 0.844. The Labute approximate surface area is 114 Å². The average molecular weight is 288 g/mol. The number of hydrogen-bond donors (Lipinski definition) is 2. The molecule has 1 unspecified atom stereocenters. The Kier molecular flexibility index (Phi) is 5.31. The van der Waals surface area contributed by atoms with E-state index in [1.165, 1.54) is 6.07 Å². The van der Waals surface area contributed by atoms with Crippen LogP contribution in [0.2, 0.25) is 0 Å². The van der Waals surface area contributed by atoms with Crippen molar-refractivity contribution in [1.29, 1.82) is 0 Å². The van der Waals surface area contributed by atoms with E-state index >= 15 is 0 Å². The lowest BCUT2D eigenvalue weighted by Crippen LogP contribution is -2.37. The maximum absolute atomic E-state index is 13.4. The first-order valence-electron chi connectivity index (χ1n) is 6.23. The van der Waals surface area contributed by atoms with Crippen molar-refractivity contribution in [3.63, 3.8) is 0 Å². The molecule has 0 spiro atoms. The van der Waals surface area contributed by atoms with Gasteiger partial charge in [-0.2, -0.15) is 0 Å². The van der Waals surface area contributed by atoms with Gasteiger partial charge in [0.15, 0.2) is 0 Å². The molecule has 0 aromatic heterocycles. The molecule has 0 amide bonds. The number of rotatable bonds is 6. The molecule has 0 fully saturated rings. The van der Waals surface area contributed by atoms with Gasteiger partial charge in [-0.15, -0.1) is 0 Å². The van der Waals surface area contributed by atoms with Crippen LogP contribution in [0.5, 0.6) is 0 Å². The van der Waals surface area contributed by atoms with Crippen LogP contribution in [0.15, 0.2) is 18.2 Å². The molecule has 0 aliphatic rings. The maximum Gasteiger partial charge on any atom is 0.236 e. The van der Waals surface area contributed by atoms with Crippen molar-refractivity contribution >= 4 is 15.7 Å². The van der Waals surface area contributed by atoms with Gasteiger partial charge in [-0.25, -0.2) is 12.8 Å². The van der Waals surface area contributed by atoms with Crippen molar-refractivity contribution < 1.29 is 12.8 Å². The number of halogens is 1. The molecule has 0 aliphatic heterocycles. The molecule has 2 N–H and O–H groups in total. The zero-order valence-corrected chi connectivity index (χ0v) is 12.5. The summed E-state index contributed by atoms with van der Waals surface area (Å²) in [5.74, 6) is -0.423. The Morgan fingerprint density at radius 2 is 1.89 bits per heavy atom. The second-order valence-corrected chi connectivity index (χ2v) is 7.08. The third kappa shape index (κ3) is 4.80. The lowest BCUT2D eigenvalue weighted by molar-refractivity contribution is 0.553. The fraction of sp³-hybridized carbons (Fsp3) is 0.538. The summed E-state index contributed by atoms with van der Waals surface area (Å²) in [5, 5.41) is 2.47. The van der Waals surface area contributed by atoms with Gasteiger partial charge >= 0.3 is 0 Å². The van der Waals surface area contributed by atoms with Crippen molar-refractivity contribution in [3.05, 3.63) is 29.6 Å². The van der Waals surface area contributed by atoms with Crippen LogP contribution in [-0.2, 0) is 10.0 Å². The fourth-order valence-corrected chi connectivity index (χ4v) is 2.40. The largest absolute Gasteiger partial charge is 0.313 e. The second kappa shape index (κ2) is 6.34. The van der Waals surface area contributed by atoms with Gasteiger partial charge in [0.2, 0.25) is 10.0 Å². The highest BCUT2D eigenvalue weighted by atomic mass is 32.2. The topological polar surface area (TPSA) is 58.2 Å². The predicted molar refractivity (Wildman–Crippen MR) is 76.3 cm³/mol. The molecule has 1 aromatic rings. The van der Waals surface area contributed by atoms with E-state index in [2.05, 4.69) is 10.0 Å². The molecule has 108 valence electrons. The molecule has 0 saturated heterocycles. The normalized spacial score (nSPS) is 13.6. The van der Waals surface area contributed by atoms with Crippen LogP contribution < -0.4 is 10.0 Å². The van der Waals surface area contributed by atoms with Crippen molar-refractivity contribution in [3.8, 4) is 0 Å². The molecule has 4 nitrogen and oxygen atoms in total. The average Bonchev–Trinajstić information content (AvgIpc) is 2.30. The first-order chi connectivity index (χ1) is 8.72. The molecule has 0 radical (unpaired) electrons. The van der Waals surface area contributed by atoms with Gasteiger partial charge < -0.3 is 5.32 Å². The minimum absolute atomic E-state index is 0.217. The molecule has 0 heterocycles. The predicted octanol–water partition coefficient (Wildman–Crippen LogP) is 2.26.